The molecule has 0 bridgehead atoms. The lowest BCUT2D eigenvalue weighted by molar-refractivity contribution is 0.572. The van der Waals surface area contributed by atoms with Crippen LogP contribution in [0.4, 0.5) is 0 Å². The normalized spacial score (nSPS) is 10.5. The van der Waals surface area contributed by atoms with Crippen LogP contribution in [0.25, 0.3) is 11.5 Å². The first-order chi connectivity index (χ1) is 6.40. The van der Waals surface area contributed by atoms with E-state index in [4.69, 9.17) is 4.42 Å². The van der Waals surface area contributed by atoms with Gasteiger partial charge in [0.15, 0.2) is 0 Å². The van der Waals surface area contributed by atoms with Gasteiger partial charge in [-0.2, -0.15) is 11.3 Å². The minimum atomic E-state index is 0.700. The molecule has 0 aromatic carbocycles. The Balaban J connectivity index is 2.23. The summed E-state index contributed by atoms with van der Waals surface area (Å²) in [7, 11) is 1.89. The fourth-order valence-electron chi connectivity index (χ4n) is 1.09. The van der Waals surface area contributed by atoms with Crippen LogP contribution in [0, 0.1) is 0 Å². The number of rotatable bonds is 3. The van der Waals surface area contributed by atoms with Crippen LogP contribution in [-0.4, -0.2) is 12.0 Å². The Morgan fingerprint density at radius 3 is 3.23 bits per heavy atom. The molecule has 1 N–H and O–H groups in total. The van der Waals surface area contributed by atoms with Crippen molar-refractivity contribution in [1.29, 1.82) is 0 Å². The molecule has 0 saturated heterocycles. The lowest BCUT2D eigenvalue weighted by Crippen LogP contribution is -2.04. The van der Waals surface area contributed by atoms with Crippen LogP contribution in [0.15, 0.2) is 27.5 Å². The molecule has 0 aliphatic carbocycles. The average molecular weight is 194 g/mol. The molecule has 68 valence electrons. The smallest absolute Gasteiger partial charge is 0.227 e. The number of hydrogen-bond acceptors (Lipinski definition) is 4. The van der Waals surface area contributed by atoms with Gasteiger partial charge in [0.1, 0.15) is 6.26 Å². The Kier molecular flexibility index (Phi) is 2.42. The number of hydrogen-bond donors (Lipinski definition) is 1. The Labute approximate surface area is 80.4 Å². The van der Waals surface area contributed by atoms with Gasteiger partial charge in [-0.05, 0) is 18.5 Å². The fraction of sp³-hybridized carbons (Fsp3) is 0.222. The molecule has 2 heterocycles. The Bertz CT molecular complexity index is 367. The molecular formula is C9H10N2OS. The highest BCUT2D eigenvalue weighted by molar-refractivity contribution is 7.08. The van der Waals surface area contributed by atoms with Crippen LogP contribution in [0.1, 0.15) is 5.69 Å². The van der Waals surface area contributed by atoms with E-state index in [0.29, 0.717) is 5.89 Å². The van der Waals surface area contributed by atoms with E-state index >= 15 is 0 Å². The minimum Gasteiger partial charge on any atom is -0.444 e. The summed E-state index contributed by atoms with van der Waals surface area (Å²) in [5, 5.41) is 7.06. The van der Waals surface area contributed by atoms with Crippen molar-refractivity contribution in [3.63, 3.8) is 0 Å². The minimum absolute atomic E-state index is 0.700. The predicted octanol–water partition coefficient (Wildman–Crippen LogP) is 2.12. The van der Waals surface area contributed by atoms with Crippen molar-refractivity contribution in [3.05, 3.63) is 28.8 Å². The first kappa shape index (κ1) is 8.47. The molecule has 0 atom stereocenters. The summed E-state index contributed by atoms with van der Waals surface area (Å²) < 4.78 is 5.32. The highest BCUT2D eigenvalue weighted by Crippen LogP contribution is 2.20. The van der Waals surface area contributed by atoms with Gasteiger partial charge in [0.2, 0.25) is 5.89 Å². The maximum atomic E-state index is 5.32. The number of aromatic nitrogens is 1. The molecule has 13 heavy (non-hydrogen) atoms. The van der Waals surface area contributed by atoms with Crippen molar-refractivity contribution >= 4 is 11.3 Å². The average Bonchev–Trinajstić information content (AvgIpc) is 2.70. The number of oxazole rings is 1. The first-order valence-corrected chi connectivity index (χ1v) is 4.96. The third-order valence-electron chi connectivity index (χ3n) is 1.68. The standard InChI is InChI=1S/C9H10N2OS/c1-10-4-8-5-12-9(11-8)7-2-3-13-6-7/h2-3,5-6,10H,4H2,1H3. The summed E-state index contributed by atoms with van der Waals surface area (Å²) >= 11 is 1.64. The van der Waals surface area contributed by atoms with Crippen LogP contribution in [0.3, 0.4) is 0 Å². The molecule has 0 aliphatic rings. The van der Waals surface area contributed by atoms with Crippen molar-refractivity contribution in [2.24, 2.45) is 0 Å². The van der Waals surface area contributed by atoms with E-state index in [0.717, 1.165) is 17.8 Å². The molecule has 0 radical (unpaired) electrons. The zero-order chi connectivity index (χ0) is 9.10. The van der Waals surface area contributed by atoms with Gasteiger partial charge in [-0.3, -0.25) is 0 Å². The summed E-state index contributed by atoms with van der Waals surface area (Å²) in [6.07, 6.45) is 1.68. The van der Waals surface area contributed by atoms with Gasteiger partial charge in [0, 0.05) is 17.5 Å². The van der Waals surface area contributed by atoms with Gasteiger partial charge in [0.05, 0.1) is 5.69 Å². The van der Waals surface area contributed by atoms with E-state index in [9.17, 15) is 0 Å². The lowest BCUT2D eigenvalue weighted by atomic mass is 10.3. The zero-order valence-corrected chi connectivity index (χ0v) is 8.10. The van der Waals surface area contributed by atoms with Gasteiger partial charge in [-0.15, -0.1) is 0 Å². The molecule has 2 aromatic heterocycles. The molecule has 0 amide bonds. The fourth-order valence-corrected chi connectivity index (χ4v) is 1.72. The summed E-state index contributed by atoms with van der Waals surface area (Å²) in [6, 6.07) is 2.00. The second-order valence-electron chi connectivity index (χ2n) is 2.69. The van der Waals surface area contributed by atoms with Crippen LogP contribution >= 0.6 is 11.3 Å². The van der Waals surface area contributed by atoms with Gasteiger partial charge >= 0.3 is 0 Å². The van der Waals surface area contributed by atoms with Crippen molar-refractivity contribution in [2.45, 2.75) is 6.54 Å². The zero-order valence-electron chi connectivity index (χ0n) is 7.28. The molecule has 2 rings (SSSR count). The molecule has 3 nitrogen and oxygen atoms in total. The van der Waals surface area contributed by atoms with E-state index < -0.39 is 0 Å². The molecule has 4 heteroatoms. The maximum Gasteiger partial charge on any atom is 0.227 e. The second kappa shape index (κ2) is 3.72. The first-order valence-electron chi connectivity index (χ1n) is 4.01. The number of nitrogens with one attached hydrogen (secondary N) is 1. The van der Waals surface area contributed by atoms with Crippen molar-refractivity contribution in [3.8, 4) is 11.5 Å². The highest BCUT2D eigenvalue weighted by Gasteiger charge is 2.05. The Morgan fingerprint density at radius 1 is 1.62 bits per heavy atom. The van der Waals surface area contributed by atoms with Crippen LogP contribution in [0.5, 0.6) is 0 Å². The van der Waals surface area contributed by atoms with Crippen LogP contribution < -0.4 is 5.32 Å². The van der Waals surface area contributed by atoms with E-state index in [2.05, 4.69) is 10.3 Å². The summed E-state index contributed by atoms with van der Waals surface area (Å²) in [6.45, 7) is 0.744. The third-order valence-corrected chi connectivity index (χ3v) is 2.36. The van der Waals surface area contributed by atoms with Crippen LogP contribution in [-0.2, 0) is 6.54 Å². The van der Waals surface area contributed by atoms with Crippen molar-refractivity contribution < 1.29 is 4.42 Å². The molecule has 0 unspecified atom stereocenters. The third kappa shape index (κ3) is 1.79. The molecule has 0 spiro atoms. The summed E-state index contributed by atoms with van der Waals surface area (Å²) in [5.74, 6) is 0.700. The largest absolute Gasteiger partial charge is 0.444 e. The Morgan fingerprint density at radius 2 is 2.54 bits per heavy atom. The van der Waals surface area contributed by atoms with Gasteiger partial charge in [-0.1, -0.05) is 0 Å². The SMILES string of the molecule is CNCc1coc(-c2ccsc2)n1. The quantitative estimate of drug-likeness (QED) is 0.813. The maximum absolute atomic E-state index is 5.32. The van der Waals surface area contributed by atoms with Crippen molar-refractivity contribution in [2.75, 3.05) is 7.05 Å². The summed E-state index contributed by atoms with van der Waals surface area (Å²) in [5.41, 5.74) is 1.98. The van der Waals surface area contributed by atoms with E-state index in [1.807, 2.05) is 23.9 Å². The molecule has 0 aliphatic heterocycles. The summed E-state index contributed by atoms with van der Waals surface area (Å²) in [4.78, 5) is 4.32. The molecule has 0 fully saturated rings. The van der Waals surface area contributed by atoms with E-state index in [1.54, 1.807) is 17.6 Å². The number of thiophene rings is 1. The molecule has 2 aromatic rings. The highest BCUT2D eigenvalue weighted by atomic mass is 32.1. The predicted molar refractivity (Wildman–Crippen MR) is 52.6 cm³/mol. The monoisotopic (exact) mass is 194 g/mol. The Hall–Kier alpha value is -1.13. The number of nitrogens with zero attached hydrogens (tertiary/aromatic N) is 1. The van der Waals surface area contributed by atoms with Gasteiger partial charge in [-0.25, -0.2) is 4.98 Å². The topological polar surface area (TPSA) is 38.1 Å². The molecule has 0 saturated carbocycles. The molecular weight excluding hydrogens is 184 g/mol. The second-order valence-corrected chi connectivity index (χ2v) is 3.47. The van der Waals surface area contributed by atoms with E-state index in [1.165, 1.54) is 0 Å². The van der Waals surface area contributed by atoms with Crippen molar-refractivity contribution in [1.82, 2.24) is 10.3 Å². The van der Waals surface area contributed by atoms with E-state index in [-0.39, 0.29) is 0 Å². The van der Waals surface area contributed by atoms with Gasteiger partial charge in [0.25, 0.3) is 0 Å². The lowest BCUT2D eigenvalue weighted by Gasteiger charge is -1.89. The van der Waals surface area contributed by atoms with Gasteiger partial charge < -0.3 is 9.73 Å². The van der Waals surface area contributed by atoms with Crippen LogP contribution in [0.2, 0.25) is 0 Å².